The zero-order valence-electron chi connectivity index (χ0n) is 17.1. The highest BCUT2D eigenvalue weighted by Crippen LogP contribution is 2.44. The number of nitrogens with one attached hydrogen (secondary N) is 1. The lowest BCUT2D eigenvalue weighted by atomic mass is 9.71. The van der Waals surface area contributed by atoms with Crippen LogP contribution in [0.1, 0.15) is 49.2 Å². The second-order valence-electron chi connectivity index (χ2n) is 7.31. The number of nitrogens with zero attached hydrogens (tertiary/aromatic N) is 2. The summed E-state index contributed by atoms with van der Waals surface area (Å²) >= 11 is 0. The number of benzene rings is 1. The highest BCUT2D eigenvalue weighted by Gasteiger charge is 2.42. The molecular formula is C20H31N5O2. The van der Waals surface area contributed by atoms with Gasteiger partial charge in [0.15, 0.2) is 0 Å². The van der Waals surface area contributed by atoms with Crippen molar-refractivity contribution in [2.45, 2.75) is 40.2 Å². The van der Waals surface area contributed by atoms with Crippen LogP contribution in [0.4, 0.5) is 11.4 Å². The number of carbonyl (C=O) groups excluding carboxylic acids is 1. The van der Waals surface area contributed by atoms with E-state index in [1.807, 2.05) is 52.9 Å². The first-order chi connectivity index (χ1) is 12.7. The third-order valence-corrected chi connectivity index (χ3v) is 5.17. The molecule has 1 aromatic carbocycles. The molecule has 27 heavy (non-hydrogen) atoms. The predicted molar refractivity (Wildman–Crippen MR) is 108 cm³/mol. The summed E-state index contributed by atoms with van der Waals surface area (Å²) in [5.41, 5.74) is 16.5. The van der Waals surface area contributed by atoms with Gasteiger partial charge in [-0.25, -0.2) is 0 Å². The maximum atomic E-state index is 12.6. The molecule has 0 aliphatic rings. The van der Waals surface area contributed by atoms with E-state index in [1.54, 1.807) is 4.68 Å². The summed E-state index contributed by atoms with van der Waals surface area (Å²) < 4.78 is 6.84. The molecule has 7 heteroatoms. The number of nitrogen functional groups attached to an aromatic ring is 1. The van der Waals surface area contributed by atoms with Crippen LogP contribution in [-0.4, -0.2) is 29.4 Å². The molecule has 0 amide bonds. The standard InChI is InChI=1S/C20H31N5O2/c1-7-23-15-9-8-14(12(2)18(15)22)17(20(3,4)19(26)27-6)16-10-13(11-21)25(5)24-16/h8-10,17,23H,7,11,21-22H2,1-6H3/t17-/m0/s1. The fraction of sp³-hybridized carbons (Fsp3) is 0.500. The Morgan fingerprint density at radius 1 is 1.41 bits per heavy atom. The third kappa shape index (κ3) is 3.78. The van der Waals surface area contributed by atoms with Gasteiger partial charge in [-0.1, -0.05) is 6.07 Å². The monoisotopic (exact) mass is 373 g/mol. The molecular weight excluding hydrogens is 342 g/mol. The molecule has 2 aromatic rings. The van der Waals surface area contributed by atoms with Crippen molar-refractivity contribution >= 4 is 17.3 Å². The molecule has 7 nitrogen and oxygen atoms in total. The van der Waals surface area contributed by atoms with Crippen LogP contribution in [0.25, 0.3) is 0 Å². The number of carbonyl (C=O) groups is 1. The van der Waals surface area contributed by atoms with Gasteiger partial charge in [-0.15, -0.1) is 0 Å². The first-order valence-electron chi connectivity index (χ1n) is 9.13. The minimum atomic E-state index is -0.841. The van der Waals surface area contributed by atoms with Crippen molar-refractivity contribution in [3.05, 3.63) is 40.7 Å². The fourth-order valence-corrected chi connectivity index (χ4v) is 3.56. The summed E-state index contributed by atoms with van der Waals surface area (Å²) in [6.07, 6.45) is 0. The number of aryl methyl sites for hydroxylation is 1. The van der Waals surface area contributed by atoms with Crippen molar-refractivity contribution in [3.8, 4) is 0 Å². The topological polar surface area (TPSA) is 108 Å². The van der Waals surface area contributed by atoms with Gasteiger partial charge in [-0.3, -0.25) is 9.48 Å². The van der Waals surface area contributed by atoms with Gasteiger partial charge in [0.25, 0.3) is 0 Å². The van der Waals surface area contributed by atoms with Gasteiger partial charge in [-0.2, -0.15) is 5.10 Å². The molecule has 0 fully saturated rings. The normalized spacial score (nSPS) is 12.7. The van der Waals surface area contributed by atoms with Gasteiger partial charge in [-0.05, 0) is 51.0 Å². The van der Waals surface area contributed by atoms with Crippen LogP contribution in [0.3, 0.4) is 0 Å². The van der Waals surface area contributed by atoms with Crippen LogP contribution in [0.2, 0.25) is 0 Å². The fourth-order valence-electron chi connectivity index (χ4n) is 3.56. The number of rotatable bonds is 7. The molecule has 0 saturated heterocycles. The molecule has 1 atom stereocenters. The van der Waals surface area contributed by atoms with Crippen molar-refractivity contribution in [2.24, 2.45) is 18.2 Å². The van der Waals surface area contributed by atoms with E-state index in [1.165, 1.54) is 7.11 Å². The summed E-state index contributed by atoms with van der Waals surface area (Å²) in [7, 11) is 3.25. The highest BCUT2D eigenvalue weighted by atomic mass is 16.5. The smallest absolute Gasteiger partial charge is 0.312 e. The number of ether oxygens (including phenoxy) is 1. The molecule has 1 aromatic heterocycles. The summed E-state index contributed by atoms with van der Waals surface area (Å²) in [5.74, 6) is -0.629. The van der Waals surface area contributed by atoms with E-state index in [-0.39, 0.29) is 11.9 Å². The molecule has 148 valence electrons. The first kappa shape index (κ1) is 20.8. The number of nitrogens with two attached hydrogens (primary N) is 2. The van der Waals surface area contributed by atoms with Gasteiger partial charge < -0.3 is 21.5 Å². The Morgan fingerprint density at radius 2 is 2.07 bits per heavy atom. The molecule has 0 unspecified atom stereocenters. The lowest BCUT2D eigenvalue weighted by molar-refractivity contribution is -0.151. The largest absolute Gasteiger partial charge is 0.469 e. The second kappa shape index (κ2) is 8.00. The molecule has 0 aliphatic heterocycles. The van der Waals surface area contributed by atoms with Crippen LogP contribution < -0.4 is 16.8 Å². The van der Waals surface area contributed by atoms with E-state index >= 15 is 0 Å². The van der Waals surface area contributed by atoms with Crippen LogP contribution in [0.15, 0.2) is 18.2 Å². The average molecular weight is 374 g/mol. The summed E-state index contributed by atoms with van der Waals surface area (Å²) in [6, 6.07) is 5.91. The van der Waals surface area contributed by atoms with E-state index < -0.39 is 5.41 Å². The average Bonchev–Trinajstić information content (AvgIpc) is 3.00. The lowest BCUT2D eigenvalue weighted by Gasteiger charge is -2.32. The molecule has 0 radical (unpaired) electrons. The maximum absolute atomic E-state index is 12.6. The number of methoxy groups -OCH3 is 1. The highest BCUT2D eigenvalue weighted by molar-refractivity contribution is 5.79. The molecule has 0 saturated carbocycles. The minimum Gasteiger partial charge on any atom is -0.469 e. The Morgan fingerprint density at radius 3 is 2.59 bits per heavy atom. The Kier molecular flexibility index (Phi) is 6.15. The number of hydrogen-bond acceptors (Lipinski definition) is 6. The van der Waals surface area contributed by atoms with Gasteiger partial charge in [0.1, 0.15) is 0 Å². The molecule has 1 heterocycles. The predicted octanol–water partition coefficient (Wildman–Crippen LogP) is 2.53. The van der Waals surface area contributed by atoms with Gasteiger partial charge in [0, 0.05) is 26.1 Å². The zero-order valence-corrected chi connectivity index (χ0v) is 17.1. The Balaban J connectivity index is 2.70. The summed E-state index contributed by atoms with van der Waals surface area (Å²) in [4.78, 5) is 12.6. The Bertz CT molecular complexity index is 826. The zero-order chi connectivity index (χ0) is 20.4. The Hall–Kier alpha value is -2.54. The number of aromatic nitrogens is 2. The van der Waals surface area contributed by atoms with Crippen molar-refractivity contribution in [1.82, 2.24) is 9.78 Å². The van der Waals surface area contributed by atoms with E-state index in [4.69, 9.17) is 16.2 Å². The van der Waals surface area contributed by atoms with Gasteiger partial charge in [0.2, 0.25) is 0 Å². The van der Waals surface area contributed by atoms with Crippen LogP contribution in [-0.2, 0) is 23.1 Å². The third-order valence-electron chi connectivity index (χ3n) is 5.17. The van der Waals surface area contributed by atoms with Crippen molar-refractivity contribution in [3.63, 3.8) is 0 Å². The van der Waals surface area contributed by atoms with Gasteiger partial charge >= 0.3 is 5.97 Å². The first-order valence-corrected chi connectivity index (χ1v) is 9.13. The summed E-state index contributed by atoms with van der Waals surface area (Å²) in [6.45, 7) is 8.88. The van der Waals surface area contributed by atoms with Crippen LogP contribution >= 0.6 is 0 Å². The van der Waals surface area contributed by atoms with E-state index in [2.05, 4.69) is 10.4 Å². The number of hydrogen-bond donors (Lipinski definition) is 3. The van der Waals surface area contributed by atoms with Gasteiger partial charge in [0.05, 0.1) is 35.3 Å². The number of esters is 1. The summed E-state index contributed by atoms with van der Waals surface area (Å²) in [5, 5.41) is 7.91. The van der Waals surface area contributed by atoms with Crippen molar-refractivity contribution in [2.75, 3.05) is 24.7 Å². The molecule has 0 spiro atoms. The van der Waals surface area contributed by atoms with E-state index in [0.717, 1.165) is 34.7 Å². The molecule has 0 aliphatic carbocycles. The minimum absolute atomic E-state index is 0.304. The Labute approximate surface area is 161 Å². The van der Waals surface area contributed by atoms with E-state index in [9.17, 15) is 4.79 Å². The van der Waals surface area contributed by atoms with E-state index in [0.29, 0.717) is 12.2 Å². The molecule has 2 rings (SSSR count). The SMILES string of the molecule is CCNc1ccc([C@@H](c2cc(CN)n(C)n2)C(C)(C)C(=O)OC)c(C)c1N. The number of anilines is 2. The molecule has 0 bridgehead atoms. The second-order valence-corrected chi connectivity index (χ2v) is 7.31. The van der Waals surface area contributed by atoms with Crippen LogP contribution in [0, 0.1) is 12.3 Å². The van der Waals surface area contributed by atoms with Crippen molar-refractivity contribution in [1.29, 1.82) is 0 Å². The lowest BCUT2D eigenvalue weighted by Crippen LogP contribution is -2.34. The molecule has 5 N–H and O–H groups in total. The maximum Gasteiger partial charge on any atom is 0.312 e. The quantitative estimate of drug-likeness (QED) is 0.508. The van der Waals surface area contributed by atoms with Crippen LogP contribution in [0.5, 0.6) is 0 Å². The van der Waals surface area contributed by atoms with Crippen molar-refractivity contribution < 1.29 is 9.53 Å².